The molecule has 2 heterocycles. The average molecular weight is 378 g/mol. The Morgan fingerprint density at radius 2 is 1.72 bits per heavy atom. The lowest BCUT2D eigenvalue weighted by Gasteiger charge is -2.25. The molecule has 0 aliphatic carbocycles. The number of carbonyl (C=O) groups is 1. The Labute approximate surface area is 168 Å². The minimum atomic E-state index is 0.0646. The van der Waals surface area contributed by atoms with E-state index in [1.165, 1.54) is 0 Å². The lowest BCUT2D eigenvalue weighted by Crippen LogP contribution is -2.27. The molecule has 1 aliphatic heterocycles. The van der Waals surface area contributed by atoms with Gasteiger partial charge in [0.15, 0.2) is 0 Å². The molecule has 1 amide bonds. The first-order valence-corrected chi connectivity index (χ1v) is 9.60. The van der Waals surface area contributed by atoms with E-state index >= 15 is 0 Å². The van der Waals surface area contributed by atoms with Crippen LogP contribution in [0.5, 0.6) is 0 Å². The van der Waals surface area contributed by atoms with E-state index in [1.807, 2.05) is 64.3 Å². The molecule has 1 aliphatic rings. The largest absolute Gasteiger partial charge is 0.305 e. The Morgan fingerprint density at radius 3 is 2.48 bits per heavy atom. The zero-order chi connectivity index (χ0) is 19.8. The summed E-state index contributed by atoms with van der Waals surface area (Å²) in [6.07, 6.45) is 3.20. The summed E-state index contributed by atoms with van der Waals surface area (Å²) in [6.45, 7) is 0. The van der Waals surface area contributed by atoms with Gasteiger partial charge in [-0.05, 0) is 54.4 Å². The number of aromatic nitrogens is 2. The summed E-state index contributed by atoms with van der Waals surface area (Å²) in [5.74, 6) is 0.151. The molecule has 0 bridgehead atoms. The van der Waals surface area contributed by atoms with Crippen LogP contribution < -0.4 is 4.90 Å². The summed E-state index contributed by atoms with van der Waals surface area (Å²) in [5, 5.41) is 14.5. The summed E-state index contributed by atoms with van der Waals surface area (Å²) in [7, 11) is 0. The van der Waals surface area contributed by atoms with Crippen molar-refractivity contribution in [1.29, 1.82) is 5.26 Å². The van der Waals surface area contributed by atoms with Crippen molar-refractivity contribution in [3.8, 4) is 11.8 Å². The second-order valence-corrected chi connectivity index (χ2v) is 7.19. The molecule has 140 valence electrons. The van der Waals surface area contributed by atoms with Crippen LogP contribution in [0.25, 0.3) is 16.6 Å². The van der Waals surface area contributed by atoms with Crippen molar-refractivity contribution in [2.75, 3.05) is 4.90 Å². The van der Waals surface area contributed by atoms with E-state index in [4.69, 9.17) is 5.26 Å². The molecule has 0 spiro atoms. The van der Waals surface area contributed by atoms with Gasteiger partial charge in [0.2, 0.25) is 5.91 Å². The zero-order valence-corrected chi connectivity index (χ0v) is 15.7. The quantitative estimate of drug-likeness (QED) is 0.516. The third-order valence-corrected chi connectivity index (χ3v) is 5.47. The molecule has 5 heteroatoms. The zero-order valence-electron chi connectivity index (χ0n) is 15.7. The first kappa shape index (κ1) is 17.2. The van der Waals surface area contributed by atoms with Crippen LogP contribution in [0.4, 0.5) is 5.69 Å². The van der Waals surface area contributed by atoms with Gasteiger partial charge >= 0.3 is 0 Å². The van der Waals surface area contributed by atoms with Gasteiger partial charge in [-0.25, -0.2) is 4.68 Å². The third kappa shape index (κ3) is 2.95. The maximum atomic E-state index is 12.7. The van der Waals surface area contributed by atoms with Gasteiger partial charge in [0.25, 0.3) is 0 Å². The van der Waals surface area contributed by atoms with Crippen molar-refractivity contribution in [3.63, 3.8) is 0 Å². The Hall–Kier alpha value is -3.91. The lowest BCUT2D eigenvalue weighted by atomic mass is 10.0. The van der Waals surface area contributed by atoms with Gasteiger partial charge in [0, 0.05) is 17.5 Å². The number of anilines is 1. The summed E-state index contributed by atoms with van der Waals surface area (Å²) in [6, 6.07) is 25.7. The normalized spacial score (nSPS) is 16.3. The van der Waals surface area contributed by atoms with Crippen molar-refractivity contribution >= 4 is 22.5 Å². The molecule has 29 heavy (non-hydrogen) atoms. The highest BCUT2D eigenvalue weighted by Gasteiger charge is 2.33. The molecule has 1 unspecified atom stereocenters. The predicted molar refractivity (Wildman–Crippen MR) is 112 cm³/mol. The average Bonchev–Trinajstić information content (AvgIpc) is 3.37. The fourth-order valence-corrected chi connectivity index (χ4v) is 4.05. The van der Waals surface area contributed by atoms with Crippen LogP contribution in [-0.2, 0) is 4.79 Å². The van der Waals surface area contributed by atoms with Crippen LogP contribution in [0.3, 0.4) is 0 Å². The van der Waals surface area contributed by atoms with Crippen LogP contribution in [-0.4, -0.2) is 15.7 Å². The maximum absolute atomic E-state index is 12.7. The van der Waals surface area contributed by atoms with E-state index in [2.05, 4.69) is 23.3 Å². The number of carbonyl (C=O) groups excluding carboxylic acids is 1. The molecule has 0 N–H and O–H groups in total. The molecular formula is C24H18N4O. The van der Waals surface area contributed by atoms with Crippen LogP contribution in [0, 0.1) is 11.3 Å². The maximum Gasteiger partial charge on any atom is 0.227 e. The highest BCUT2D eigenvalue weighted by Crippen LogP contribution is 2.38. The highest BCUT2D eigenvalue weighted by atomic mass is 16.2. The van der Waals surface area contributed by atoms with Gasteiger partial charge in [-0.3, -0.25) is 4.79 Å². The minimum Gasteiger partial charge on any atom is -0.305 e. The molecule has 1 aromatic heterocycles. The number of hydrogen-bond acceptors (Lipinski definition) is 3. The predicted octanol–water partition coefficient (Wildman–Crippen LogP) is 4.77. The van der Waals surface area contributed by atoms with Crippen molar-refractivity contribution < 1.29 is 4.79 Å². The molecule has 5 nitrogen and oxygen atoms in total. The number of amides is 1. The van der Waals surface area contributed by atoms with Crippen molar-refractivity contribution in [2.24, 2.45) is 0 Å². The number of hydrogen-bond donors (Lipinski definition) is 0. The molecule has 5 rings (SSSR count). The number of fused-ring (bicyclic) bond motifs is 1. The van der Waals surface area contributed by atoms with Gasteiger partial charge in [-0.1, -0.05) is 30.3 Å². The second kappa shape index (κ2) is 6.92. The van der Waals surface area contributed by atoms with Crippen molar-refractivity contribution in [3.05, 3.63) is 90.1 Å². The van der Waals surface area contributed by atoms with Gasteiger partial charge in [-0.2, -0.15) is 10.4 Å². The van der Waals surface area contributed by atoms with E-state index in [0.717, 1.165) is 34.3 Å². The molecular weight excluding hydrogens is 360 g/mol. The van der Waals surface area contributed by atoms with Gasteiger partial charge in [0.05, 0.1) is 35.1 Å². The topological polar surface area (TPSA) is 61.9 Å². The Morgan fingerprint density at radius 1 is 0.966 bits per heavy atom. The summed E-state index contributed by atoms with van der Waals surface area (Å²) < 4.78 is 1.85. The highest BCUT2D eigenvalue weighted by molar-refractivity contribution is 5.98. The molecule has 0 radical (unpaired) electrons. The van der Waals surface area contributed by atoms with Gasteiger partial charge in [-0.15, -0.1) is 0 Å². The third-order valence-electron chi connectivity index (χ3n) is 5.47. The SMILES string of the molecule is N#Cc1ccc(-n2ncc3cc(N4C(=O)CCC4c4ccccc4)ccc32)cc1. The van der Waals surface area contributed by atoms with Crippen LogP contribution in [0.2, 0.25) is 0 Å². The van der Waals surface area contributed by atoms with Gasteiger partial charge < -0.3 is 4.90 Å². The summed E-state index contributed by atoms with van der Waals surface area (Å²) >= 11 is 0. The monoisotopic (exact) mass is 378 g/mol. The van der Waals surface area contributed by atoms with Crippen LogP contribution in [0.1, 0.15) is 30.0 Å². The number of rotatable bonds is 3. The molecule has 3 aromatic carbocycles. The van der Waals surface area contributed by atoms with Gasteiger partial charge in [0.1, 0.15) is 0 Å². The van der Waals surface area contributed by atoms with Crippen LogP contribution in [0.15, 0.2) is 79.0 Å². The second-order valence-electron chi connectivity index (χ2n) is 7.19. The first-order chi connectivity index (χ1) is 14.2. The molecule has 1 atom stereocenters. The van der Waals surface area contributed by atoms with E-state index in [1.54, 1.807) is 12.1 Å². The van der Waals surface area contributed by atoms with E-state index < -0.39 is 0 Å². The fraction of sp³-hybridized carbons (Fsp3) is 0.125. The number of nitriles is 1. The van der Waals surface area contributed by atoms with E-state index in [-0.39, 0.29) is 11.9 Å². The summed E-state index contributed by atoms with van der Waals surface area (Å²) in [4.78, 5) is 14.6. The Bertz CT molecular complexity index is 1240. The smallest absolute Gasteiger partial charge is 0.227 e. The molecule has 4 aromatic rings. The van der Waals surface area contributed by atoms with E-state index in [0.29, 0.717) is 12.0 Å². The fourth-order valence-electron chi connectivity index (χ4n) is 4.05. The molecule has 0 saturated carbocycles. The van der Waals surface area contributed by atoms with E-state index in [9.17, 15) is 4.79 Å². The molecule has 1 saturated heterocycles. The molecule has 1 fully saturated rings. The lowest BCUT2D eigenvalue weighted by molar-refractivity contribution is -0.117. The Kier molecular flexibility index (Phi) is 4.10. The van der Waals surface area contributed by atoms with Crippen molar-refractivity contribution in [1.82, 2.24) is 9.78 Å². The standard InChI is InChI=1S/C24H18N4O/c25-15-17-6-8-20(9-7-17)28-23-11-10-21(14-19(23)16-26-28)27-22(12-13-24(27)29)18-4-2-1-3-5-18/h1-11,14,16,22H,12-13H2. The summed E-state index contributed by atoms with van der Waals surface area (Å²) in [5.41, 5.74) is 4.53. The minimum absolute atomic E-state index is 0.0646. The van der Waals surface area contributed by atoms with Crippen molar-refractivity contribution in [2.45, 2.75) is 18.9 Å². The number of nitrogens with zero attached hydrogens (tertiary/aromatic N) is 4. The Balaban J connectivity index is 1.53. The first-order valence-electron chi connectivity index (χ1n) is 9.60. The number of benzene rings is 3. The van der Waals surface area contributed by atoms with Crippen LogP contribution >= 0.6 is 0 Å².